The van der Waals surface area contributed by atoms with Gasteiger partial charge in [0.05, 0.1) is 6.04 Å². The first kappa shape index (κ1) is 14.3. The summed E-state index contributed by atoms with van der Waals surface area (Å²) < 4.78 is 0. The van der Waals surface area contributed by atoms with Gasteiger partial charge in [0.1, 0.15) is 6.17 Å². The van der Waals surface area contributed by atoms with Crippen LogP contribution in [0.2, 0.25) is 5.02 Å². The van der Waals surface area contributed by atoms with Crippen molar-refractivity contribution in [2.24, 2.45) is 0 Å². The van der Waals surface area contributed by atoms with Crippen LogP contribution in [-0.2, 0) is 0 Å². The molecule has 0 fully saturated rings. The van der Waals surface area contributed by atoms with E-state index in [9.17, 15) is 0 Å². The Balaban J connectivity index is 1.79. The Hall–Kier alpha value is -2.29. The minimum absolute atomic E-state index is 0.0649. The summed E-state index contributed by atoms with van der Waals surface area (Å²) in [5.74, 6) is 0. The fourth-order valence-electron chi connectivity index (χ4n) is 3.10. The van der Waals surface area contributed by atoms with E-state index in [4.69, 9.17) is 11.6 Å². The molecule has 3 heteroatoms. The summed E-state index contributed by atoms with van der Waals surface area (Å²) in [6.07, 6.45) is 0.0649. The maximum atomic E-state index is 6.23. The van der Waals surface area contributed by atoms with Crippen LogP contribution >= 0.6 is 11.6 Å². The van der Waals surface area contributed by atoms with Crippen LogP contribution < -0.4 is 10.6 Å². The first-order valence-corrected chi connectivity index (χ1v) is 8.11. The second-order valence-corrected chi connectivity index (χ2v) is 6.17. The molecule has 4 rings (SSSR count). The van der Waals surface area contributed by atoms with Gasteiger partial charge in [-0.05, 0) is 34.9 Å². The minimum atomic E-state index is 0.0649. The number of fused-ring (bicyclic) bond motifs is 1. The fourth-order valence-corrected chi connectivity index (χ4v) is 3.28. The molecule has 114 valence electrons. The molecule has 1 aliphatic rings. The molecule has 3 aromatic carbocycles. The van der Waals surface area contributed by atoms with E-state index >= 15 is 0 Å². The lowest BCUT2D eigenvalue weighted by atomic mass is 9.93. The Morgan fingerprint density at radius 3 is 2.09 bits per heavy atom. The first-order valence-electron chi connectivity index (χ1n) is 7.73. The molecule has 0 saturated carbocycles. The predicted octanol–water partition coefficient (Wildman–Crippen LogP) is 5.14. The summed E-state index contributed by atoms with van der Waals surface area (Å²) >= 11 is 6.23. The largest absolute Gasteiger partial charge is 0.366 e. The van der Waals surface area contributed by atoms with Crippen molar-refractivity contribution in [2.45, 2.75) is 12.2 Å². The molecule has 23 heavy (non-hydrogen) atoms. The highest BCUT2D eigenvalue weighted by Crippen LogP contribution is 2.37. The van der Waals surface area contributed by atoms with E-state index in [1.54, 1.807) is 0 Å². The topological polar surface area (TPSA) is 24.1 Å². The summed E-state index contributed by atoms with van der Waals surface area (Å²) in [6, 6.07) is 27.0. The number of hydrogen-bond acceptors (Lipinski definition) is 2. The number of hydrogen-bond donors (Lipinski definition) is 2. The lowest BCUT2D eigenvalue weighted by Crippen LogP contribution is -2.37. The van der Waals surface area contributed by atoms with E-state index in [2.05, 4.69) is 65.2 Å². The summed E-state index contributed by atoms with van der Waals surface area (Å²) in [7, 11) is 0. The van der Waals surface area contributed by atoms with Crippen LogP contribution in [0.15, 0.2) is 78.9 Å². The van der Waals surface area contributed by atoms with E-state index in [1.165, 1.54) is 16.7 Å². The Bertz CT molecular complexity index is 802. The van der Waals surface area contributed by atoms with Crippen molar-refractivity contribution in [3.63, 3.8) is 0 Å². The lowest BCUT2D eigenvalue weighted by molar-refractivity contribution is 0.506. The van der Waals surface area contributed by atoms with Crippen LogP contribution in [0.25, 0.3) is 0 Å². The van der Waals surface area contributed by atoms with Crippen molar-refractivity contribution in [3.05, 3.63) is 101 Å². The maximum Gasteiger partial charge on any atom is 0.104 e. The third kappa shape index (κ3) is 2.83. The minimum Gasteiger partial charge on any atom is -0.366 e. The summed E-state index contributed by atoms with van der Waals surface area (Å²) in [4.78, 5) is 0. The van der Waals surface area contributed by atoms with Crippen LogP contribution in [0.5, 0.6) is 0 Å². The van der Waals surface area contributed by atoms with Gasteiger partial charge in [-0.25, -0.2) is 0 Å². The van der Waals surface area contributed by atoms with Crippen LogP contribution in [0.3, 0.4) is 0 Å². The van der Waals surface area contributed by atoms with Gasteiger partial charge < -0.3 is 5.32 Å². The molecule has 0 aliphatic carbocycles. The molecule has 0 saturated heterocycles. The van der Waals surface area contributed by atoms with Crippen molar-refractivity contribution in [2.75, 3.05) is 5.32 Å². The summed E-state index contributed by atoms with van der Waals surface area (Å²) in [6.45, 7) is 0. The molecule has 0 radical (unpaired) electrons. The molecule has 2 N–H and O–H groups in total. The van der Waals surface area contributed by atoms with Gasteiger partial charge >= 0.3 is 0 Å². The van der Waals surface area contributed by atoms with Gasteiger partial charge in [-0.15, -0.1) is 0 Å². The summed E-state index contributed by atoms with van der Waals surface area (Å²) in [5.41, 5.74) is 4.75. The van der Waals surface area contributed by atoms with Gasteiger partial charge in [0.2, 0.25) is 0 Å². The van der Waals surface area contributed by atoms with Crippen LogP contribution in [0.4, 0.5) is 5.69 Å². The average molecular weight is 321 g/mol. The number of anilines is 1. The Morgan fingerprint density at radius 2 is 1.39 bits per heavy atom. The van der Waals surface area contributed by atoms with Crippen molar-refractivity contribution >= 4 is 17.3 Å². The van der Waals surface area contributed by atoms with E-state index in [-0.39, 0.29) is 12.2 Å². The number of halogens is 1. The van der Waals surface area contributed by atoms with Gasteiger partial charge in [0.15, 0.2) is 0 Å². The normalized spacial score (nSPS) is 19.7. The third-order valence-electron chi connectivity index (χ3n) is 4.22. The second kappa shape index (κ2) is 6.07. The van der Waals surface area contributed by atoms with Gasteiger partial charge in [0.25, 0.3) is 0 Å². The first-order chi connectivity index (χ1) is 11.3. The number of nitrogens with one attached hydrogen (secondary N) is 2. The fraction of sp³-hybridized carbons (Fsp3) is 0.100. The molecule has 0 aromatic heterocycles. The Kier molecular flexibility index (Phi) is 3.78. The van der Waals surface area contributed by atoms with Crippen molar-refractivity contribution in [1.29, 1.82) is 0 Å². The second-order valence-electron chi connectivity index (χ2n) is 5.73. The average Bonchev–Trinajstić information content (AvgIpc) is 2.62. The molecule has 3 aromatic rings. The third-order valence-corrected chi connectivity index (χ3v) is 4.46. The molecule has 0 amide bonds. The van der Waals surface area contributed by atoms with Gasteiger partial charge in [0, 0.05) is 10.7 Å². The standard InChI is InChI=1S/C20H17ClN2/c21-16-11-12-18-17(13-16)19(14-7-3-1-4-8-14)23-20(22-18)15-9-5-2-6-10-15/h1-13,19-20,22-23H/t19-,20-/m1/s1. The number of rotatable bonds is 2. The van der Waals surface area contributed by atoms with Crippen LogP contribution in [-0.4, -0.2) is 0 Å². The van der Waals surface area contributed by atoms with E-state index in [0.29, 0.717) is 0 Å². The molecule has 2 atom stereocenters. The van der Waals surface area contributed by atoms with Crippen LogP contribution in [0.1, 0.15) is 28.9 Å². The zero-order valence-electron chi connectivity index (χ0n) is 12.5. The SMILES string of the molecule is Clc1ccc2c(c1)[C@@H](c1ccccc1)N[C@H](c1ccccc1)N2. The van der Waals surface area contributed by atoms with Crippen LogP contribution in [0, 0.1) is 0 Å². The Labute approximate surface area is 141 Å². The maximum absolute atomic E-state index is 6.23. The zero-order valence-corrected chi connectivity index (χ0v) is 13.3. The van der Waals surface area contributed by atoms with E-state index in [0.717, 1.165) is 10.7 Å². The smallest absolute Gasteiger partial charge is 0.104 e. The zero-order chi connectivity index (χ0) is 15.6. The molecular formula is C20H17ClN2. The predicted molar refractivity (Wildman–Crippen MR) is 95.7 cm³/mol. The van der Waals surface area contributed by atoms with E-state index in [1.807, 2.05) is 24.3 Å². The molecule has 0 unspecified atom stereocenters. The highest BCUT2D eigenvalue weighted by atomic mass is 35.5. The summed E-state index contributed by atoms with van der Waals surface area (Å²) in [5, 5.41) is 8.03. The highest BCUT2D eigenvalue weighted by molar-refractivity contribution is 6.30. The van der Waals surface area contributed by atoms with Crippen molar-refractivity contribution in [3.8, 4) is 0 Å². The van der Waals surface area contributed by atoms with E-state index < -0.39 is 0 Å². The van der Waals surface area contributed by atoms with Gasteiger partial charge in [-0.2, -0.15) is 0 Å². The highest BCUT2D eigenvalue weighted by Gasteiger charge is 2.27. The van der Waals surface area contributed by atoms with Crippen molar-refractivity contribution in [1.82, 2.24) is 5.32 Å². The lowest BCUT2D eigenvalue weighted by Gasteiger charge is -2.35. The number of benzene rings is 3. The van der Waals surface area contributed by atoms with Crippen molar-refractivity contribution < 1.29 is 0 Å². The molecule has 1 aliphatic heterocycles. The van der Waals surface area contributed by atoms with Gasteiger partial charge in [-0.1, -0.05) is 72.3 Å². The molecule has 1 heterocycles. The van der Waals surface area contributed by atoms with Gasteiger partial charge in [-0.3, -0.25) is 5.32 Å². The molecule has 2 nitrogen and oxygen atoms in total. The Morgan fingerprint density at radius 1 is 0.739 bits per heavy atom. The molecule has 0 spiro atoms. The monoisotopic (exact) mass is 320 g/mol. The molecule has 0 bridgehead atoms. The molecular weight excluding hydrogens is 304 g/mol. The quantitative estimate of drug-likeness (QED) is 0.683.